The highest BCUT2D eigenvalue weighted by molar-refractivity contribution is 5.95. The van der Waals surface area contributed by atoms with Crippen molar-refractivity contribution in [1.29, 1.82) is 0 Å². The molecule has 3 aromatic rings. The van der Waals surface area contributed by atoms with Crippen molar-refractivity contribution < 1.29 is 23.8 Å². The van der Waals surface area contributed by atoms with Crippen LogP contribution in [0.2, 0.25) is 0 Å². The molecule has 2 aromatic carbocycles. The standard InChI is InChI=1S/C28H32N6O5/c1-33(2)28-30-12-19(13-31-28)14-34-15-22-25(16-34)39-21-7-4-18(5-8-21)11-29-26(35)17-38-24-10-20(27(36)32-22)6-9-23(24)37-3/h4-10,12-13,22,25H,11,14-17H2,1-3H3,(H,29,35)(H,32,36)/t22-,25-/m0/s1. The van der Waals surface area contributed by atoms with Gasteiger partial charge in [0.2, 0.25) is 5.95 Å². The molecule has 4 heterocycles. The molecule has 11 nitrogen and oxygen atoms in total. The van der Waals surface area contributed by atoms with Crippen molar-refractivity contribution >= 4 is 17.8 Å². The number of anilines is 1. The summed E-state index contributed by atoms with van der Waals surface area (Å²) in [6, 6.07) is 12.2. The van der Waals surface area contributed by atoms with Crippen LogP contribution in [0.25, 0.3) is 0 Å². The van der Waals surface area contributed by atoms with Crippen LogP contribution in [0.5, 0.6) is 17.2 Å². The summed E-state index contributed by atoms with van der Waals surface area (Å²) in [7, 11) is 5.31. The number of nitrogens with one attached hydrogen (secondary N) is 2. The Balaban J connectivity index is 1.39. The Morgan fingerprint density at radius 3 is 2.56 bits per heavy atom. The molecule has 0 saturated carbocycles. The Kier molecular flexibility index (Phi) is 7.78. The maximum Gasteiger partial charge on any atom is 0.258 e. The van der Waals surface area contributed by atoms with Gasteiger partial charge in [0.1, 0.15) is 11.9 Å². The molecule has 0 aliphatic carbocycles. The highest BCUT2D eigenvalue weighted by Gasteiger charge is 2.36. The van der Waals surface area contributed by atoms with Gasteiger partial charge in [0.25, 0.3) is 11.8 Å². The molecule has 1 saturated heterocycles. The van der Waals surface area contributed by atoms with Crippen molar-refractivity contribution in [2.75, 3.05) is 45.8 Å². The third kappa shape index (κ3) is 6.37. The first kappa shape index (κ1) is 26.2. The normalized spacial score (nSPS) is 19.7. The first-order valence-electron chi connectivity index (χ1n) is 12.7. The minimum atomic E-state index is -0.286. The number of amides is 2. The number of carbonyl (C=O) groups excluding carboxylic acids is 2. The smallest absolute Gasteiger partial charge is 0.258 e. The summed E-state index contributed by atoms with van der Waals surface area (Å²) in [4.78, 5) is 38.6. The Bertz CT molecular complexity index is 1320. The summed E-state index contributed by atoms with van der Waals surface area (Å²) in [5.74, 6) is 1.53. The maximum atomic E-state index is 13.3. The third-order valence-electron chi connectivity index (χ3n) is 6.64. The van der Waals surface area contributed by atoms with E-state index in [9.17, 15) is 9.59 Å². The van der Waals surface area contributed by atoms with Gasteiger partial charge in [-0.2, -0.15) is 0 Å². The molecule has 6 rings (SSSR count). The fourth-order valence-corrected chi connectivity index (χ4v) is 4.60. The van der Waals surface area contributed by atoms with Gasteiger partial charge in [-0.05, 0) is 35.9 Å². The fraction of sp³-hybridized carbons (Fsp3) is 0.357. The van der Waals surface area contributed by atoms with Crippen LogP contribution in [0, 0.1) is 0 Å². The van der Waals surface area contributed by atoms with Crippen LogP contribution in [0.1, 0.15) is 21.5 Å². The van der Waals surface area contributed by atoms with Gasteiger partial charge in [0, 0.05) is 63.8 Å². The zero-order chi connectivity index (χ0) is 27.4. The van der Waals surface area contributed by atoms with Crippen LogP contribution < -0.4 is 29.7 Å². The van der Waals surface area contributed by atoms with E-state index in [1.807, 2.05) is 55.7 Å². The fourth-order valence-electron chi connectivity index (χ4n) is 4.60. The molecule has 3 aliphatic rings. The van der Waals surface area contributed by atoms with E-state index in [0.717, 1.165) is 11.1 Å². The summed E-state index contributed by atoms with van der Waals surface area (Å²) in [6.45, 7) is 1.96. The van der Waals surface area contributed by atoms with Gasteiger partial charge in [-0.1, -0.05) is 12.1 Å². The van der Waals surface area contributed by atoms with E-state index in [0.29, 0.717) is 54.9 Å². The number of aromatic nitrogens is 2. The lowest BCUT2D eigenvalue weighted by molar-refractivity contribution is -0.123. The van der Waals surface area contributed by atoms with Crippen molar-refractivity contribution in [3.8, 4) is 17.2 Å². The second-order valence-corrected chi connectivity index (χ2v) is 9.79. The van der Waals surface area contributed by atoms with Gasteiger partial charge < -0.3 is 29.7 Å². The molecule has 0 radical (unpaired) electrons. The first-order valence-corrected chi connectivity index (χ1v) is 12.7. The lowest BCUT2D eigenvalue weighted by Gasteiger charge is -2.21. The molecule has 11 heteroatoms. The molecule has 39 heavy (non-hydrogen) atoms. The molecule has 1 aromatic heterocycles. The average Bonchev–Trinajstić information content (AvgIpc) is 3.30. The summed E-state index contributed by atoms with van der Waals surface area (Å²) in [5.41, 5.74) is 2.30. The lowest BCUT2D eigenvalue weighted by atomic mass is 10.1. The number of hydrogen-bond donors (Lipinski definition) is 2. The minimum Gasteiger partial charge on any atom is -0.493 e. The van der Waals surface area contributed by atoms with Crippen molar-refractivity contribution in [3.63, 3.8) is 0 Å². The molecule has 2 amide bonds. The van der Waals surface area contributed by atoms with Crippen LogP contribution in [0.15, 0.2) is 54.9 Å². The second-order valence-electron chi connectivity index (χ2n) is 9.79. The van der Waals surface area contributed by atoms with E-state index in [-0.39, 0.29) is 30.6 Å². The number of methoxy groups -OCH3 is 1. The van der Waals surface area contributed by atoms with Gasteiger partial charge in [-0.3, -0.25) is 14.5 Å². The van der Waals surface area contributed by atoms with Crippen LogP contribution in [-0.4, -0.2) is 79.7 Å². The molecule has 2 N–H and O–H groups in total. The van der Waals surface area contributed by atoms with Crippen molar-refractivity contribution in [1.82, 2.24) is 25.5 Å². The van der Waals surface area contributed by atoms with Crippen LogP contribution in [-0.2, 0) is 17.9 Å². The summed E-state index contributed by atoms with van der Waals surface area (Å²) in [5, 5.41) is 5.98. The van der Waals surface area contributed by atoms with Crippen molar-refractivity contribution in [3.05, 3.63) is 71.5 Å². The SMILES string of the molecule is COc1ccc2cc1OCC(=O)NCc1ccc(cc1)O[C@H]1CN(Cc3cnc(N(C)C)nc3)C[C@@H]1NC2=O. The maximum absolute atomic E-state index is 13.3. The number of carbonyl (C=O) groups is 2. The van der Waals surface area contributed by atoms with Crippen LogP contribution in [0.4, 0.5) is 5.95 Å². The van der Waals surface area contributed by atoms with Gasteiger partial charge >= 0.3 is 0 Å². The van der Waals surface area contributed by atoms with E-state index in [4.69, 9.17) is 14.2 Å². The Labute approximate surface area is 227 Å². The zero-order valence-corrected chi connectivity index (χ0v) is 22.2. The Morgan fingerprint density at radius 2 is 1.85 bits per heavy atom. The highest BCUT2D eigenvalue weighted by atomic mass is 16.5. The monoisotopic (exact) mass is 532 g/mol. The number of ether oxygens (including phenoxy) is 3. The minimum absolute atomic E-state index is 0.207. The Morgan fingerprint density at radius 1 is 1.08 bits per heavy atom. The van der Waals surface area contributed by atoms with E-state index in [2.05, 4.69) is 25.5 Å². The lowest BCUT2D eigenvalue weighted by Crippen LogP contribution is -2.45. The predicted octanol–water partition coefficient (Wildman–Crippen LogP) is 1.62. The van der Waals surface area contributed by atoms with E-state index < -0.39 is 0 Å². The van der Waals surface area contributed by atoms with E-state index >= 15 is 0 Å². The van der Waals surface area contributed by atoms with Gasteiger partial charge in [0.15, 0.2) is 18.1 Å². The summed E-state index contributed by atoms with van der Waals surface area (Å²) in [6.07, 6.45) is 3.36. The van der Waals surface area contributed by atoms with Crippen molar-refractivity contribution in [2.24, 2.45) is 0 Å². The number of benzene rings is 2. The molecule has 204 valence electrons. The second kappa shape index (κ2) is 11.6. The van der Waals surface area contributed by atoms with Gasteiger partial charge in [-0.15, -0.1) is 0 Å². The average molecular weight is 533 g/mol. The molecule has 0 spiro atoms. The largest absolute Gasteiger partial charge is 0.493 e. The molecular formula is C28H32N6O5. The molecule has 4 bridgehead atoms. The van der Waals surface area contributed by atoms with Crippen LogP contribution >= 0.6 is 0 Å². The number of nitrogens with zero attached hydrogens (tertiary/aromatic N) is 4. The molecular weight excluding hydrogens is 500 g/mol. The Hall–Kier alpha value is -4.38. The first-order chi connectivity index (χ1) is 18.9. The predicted molar refractivity (Wildman–Crippen MR) is 144 cm³/mol. The van der Waals surface area contributed by atoms with Gasteiger partial charge in [0.05, 0.1) is 13.2 Å². The van der Waals surface area contributed by atoms with Crippen LogP contribution in [0.3, 0.4) is 0 Å². The molecule has 3 aliphatic heterocycles. The molecule has 2 atom stereocenters. The van der Waals surface area contributed by atoms with Gasteiger partial charge in [-0.25, -0.2) is 9.97 Å². The highest BCUT2D eigenvalue weighted by Crippen LogP contribution is 2.29. The van der Waals surface area contributed by atoms with Crippen molar-refractivity contribution in [2.45, 2.75) is 25.2 Å². The molecule has 1 fully saturated rings. The summed E-state index contributed by atoms with van der Waals surface area (Å²) >= 11 is 0. The quantitative estimate of drug-likeness (QED) is 0.517. The third-order valence-corrected chi connectivity index (χ3v) is 6.64. The topological polar surface area (TPSA) is 118 Å². The number of fused-ring (bicyclic) bond motifs is 7. The number of hydrogen-bond acceptors (Lipinski definition) is 9. The summed E-state index contributed by atoms with van der Waals surface area (Å²) < 4.78 is 17.4. The van der Waals surface area contributed by atoms with E-state index in [1.165, 1.54) is 7.11 Å². The number of rotatable bonds is 4. The zero-order valence-electron chi connectivity index (χ0n) is 22.2. The van der Waals surface area contributed by atoms with E-state index in [1.54, 1.807) is 18.2 Å². The molecule has 0 unspecified atom stereocenters. The number of likely N-dealkylation sites (tertiary alicyclic amines) is 1.